The van der Waals surface area contributed by atoms with Crippen LogP contribution in [0.1, 0.15) is 5.56 Å². The summed E-state index contributed by atoms with van der Waals surface area (Å²) in [7, 11) is 2.19. The van der Waals surface area contributed by atoms with E-state index in [-0.39, 0.29) is 0 Å². The number of aromatic nitrogens is 1. The van der Waals surface area contributed by atoms with E-state index in [1.165, 1.54) is 34.0 Å². The topological polar surface area (TPSA) is 22.3 Å². The Hall–Kier alpha value is -0.840. The lowest BCUT2D eigenvalue weighted by Gasteiger charge is -2.32. The number of benzene rings is 1. The third-order valence-electron chi connectivity index (χ3n) is 3.73. The number of piperazine rings is 1. The predicted molar refractivity (Wildman–Crippen MR) is 78.8 cm³/mol. The van der Waals surface area contributed by atoms with Crippen molar-refractivity contribution in [3.63, 3.8) is 0 Å². The van der Waals surface area contributed by atoms with Crippen molar-refractivity contribution in [2.45, 2.75) is 6.54 Å². The van der Waals surface area contributed by atoms with Gasteiger partial charge in [0.05, 0.1) is 0 Å². The SMILES string of the molecule is CN1CCN(Cc2c[nH]c3cccc(Br)c23)CC1. The van der Waals surface area contributed by atoms with E-state index in [1.807, 2.05) is 0 Å². The molecule has 1 fully saturated rings. The molecule has 0 bridgehead atoms. The van der Waals surface area contributed by atoms with Gasteiger partial charge in [-0.25, -0.2) is 0 Å². The van der Waals surface area contributed by atoms with Crippen LogP contribution in [0.2, 0.25) is 0 Å². The number of fused-ring (bicyclic) bond motifs is 1. The standard InChI is InChI=1S/C14H18BrN3/c1-17-5-7-18(8-6-17)10-11-9-16-13-4-2-3-12(15)14(11)13/h2-4,9,16H,5-8,10H2,1H3. The van der Waals surface area contributed by atoms with Gasteiger partial charge < -0.3 is 9.88 Å². The molecule has 1 saturated heterocycles. The van der Waals surface area contributed by atoms with Crippen molar-refractivity contribution in [1.29, 1.82) is 0 Å². The first-order valence-corrected chi connectivity index (χ1v) is 7.19. The zero-order valence-electron chi connectivity index (χ0n) is 10.6. The number of halogens is 1. The van der Waals surface area contributed by atoms with Crippen LogP contribution in [0.4, 0.5) is 0 Å². The van der Waals surface area contributed by atoms with Crippen LogP contribution in [0.3, 0.4) is 0 Å². The molecule has 0 spiro atoms. The molecule has 1 aromatic heterocycles. The lowest BCUT2D eigenvalue weighted by atomic mass is 10.1. The summed E-state index contributed by atoms with van der Waals surface area (Å²) in [6.45, 7) is 5.70. The average Bonchev–Trinajstić information content (AvgIpc) is 2.77. The largest absolute Gasteiger partial charge is 0.361 e. The van der Waals surface area contributed by atoms with E-state index < -0.39 is 0 Å². The van der Waals surface area contributed by atoms with Crippen molar-refractivity contribution in [2.75, 3.05) is 33.2 Å². The number of nitrogens with zero attached hydrogens (tertiary/aromatic N) is 2. The molecule has 0 radical (unpaired) electrons. The molecule has 0 unspecified atom stereocenters. The first-order valence-electron chi connectivity index (χ1n) is 6.39. The number of nitrogens with one attached hydrogen (secondary N) is 1. The van der Waals surface area contributed by atoms with Gasteiger partial charge in [0.15, 0.2) is 0 Å². The second-order valence-corrected chi connectivity index (χ2v) is 5.91. The Balaban J connectivity index is 1.82. The number of hydrogen-bond donors (Lipinski definition) is 1. The van der Waals surface area contributed by atoms with E-state index in [4.69, 9.17) is 0 Å². The number of likely N-dealkylation sites (N-methyl/N-ethyl adjacent to an activating group) is 1. The molecule has 1 aliphatic heterocycles. The first-order chi connectivity index (χ1) is 8.74. The smallest absolute Gasteiger partial charge is 0.0468 e. The molecule has 0 atom stereocenters. The van der Waals surface area contributed by atoms with Gasteiger partial charge in [0.25, 0.3) is 0 Å². The highest BCUT2D eigenvalue weighted by Gasteiger charge is 2.16. The number of aromatic amines is 1. The Kier molecular flexibility index (Phi) is 3.41. The summed E-state index contributed by atoms with van der Waals surface area (Å²) in [5.74, 6) is 0. The fourth-order valence-corrected chi connectivity index (χ4v) is 3.20. The predicted octanol–water partition coefficient (Wildman–Crippen LogP) is 2.68. The quantitative estimate of drug-likeness (QED) is 0.921. The first kappa shape index (κ1) is 12.2. The van der Waals surface area contributed by atoms with Crippen LogP contribution in [-0.2, 0) is 6.54 Å². The van der Waals surface area contributed by atoms with Crippen LogP contribution in [0.5, 0.6) is 0 Å². The molecule has 2 aromatic rings. The lowest BCUT2D eigenvalue weighted by Crippen LogP contribution is -2.43. The second kappa shape index (κ2) is 5.03. The molecule has 0 aliphatic carbocycles. The normalized spacial score (nSPS) is 18.6. The number of H-pyrrole nitrogens is 1. The minimum atomic E-state index is 1.04. The van der Waals surface area contributed by atoms with Crippen molar-refractivity contribution < 1.29 is 0 Å². The van der Waals surface area contributed by atoms with Gasteiger partial charge in [-0.15, -0.1) is 0 Å². The Morgan fingerprint density at radius 3 is 2.78 bits per heavy atom. The monoisotopic (exact) mass is 307 g/mol. The van der Waals surface area contributed by atoms with Crippen LogP contribution in [0.15, 0.2) is 28.9 Å². The van der Waals surface area contributed by atoms with Gasteiger partial charge in [-0.1, -0.05) is 22.0 Å². The fourth-order valence-electron chi connectivity index (χ4n) is 2.58. The van der Waals surface area contributed by atoms with Gasteiger partial charge in [-0.3, -0.25) is 4.90 Å². The molecule has 1 aromatic carbocycles. The van der Waals surface area contributed by atoms with E-state index in [9.17, 15) is 0 Å². The van der Waals surface area contributed by atoms with Gasteiger partial charge in [0, 0.05) is 54.3 Å². The Bertz CT molecular complexity index is 541. The summed E-state index contributed by atoms with van der Waals surface area (Å²) in [6, 6.07) is 6.32. The van der Waals surface area contributed by atoms with E-state index in [2.05, 4.69) is 62.2 Å². The van der Waals surface area contributed by atoms with Gasteiger partial charge in [0.1, 0.15) is 0 Å². The molecule has 0 amide bonds. The van der Waals surface area contributed by atoms with E-state index in [1.54, 1.807) is 0 Å². The van der Waals surface area contributed by atoms with Crippen molar-refractivity contribution in [3.8, 4) is 0 Å². The minimum absolute atomic E-state index is 1.04. The van der Waals surface area contributed by atoms with E-state index in [0.717, 1.165) is 19.6 Å². The highest BCUT2D eigenvalue weighted by Crippen LogP contribution is 2.27. The molecular formula is C14H18BrN3. The molecule has 4 heteroatoms. The van der Waals surface area contributed by atoms with Crippen LogP contribution in [0, 0.1) is 0 Å². The Morgan fingerprint density at radius 2 is 2.00 bits per heavy atom. The summed E-state index contributed by atoms with van der Waals surface area (Å²) >= 11 is 3.65. The summed E-state index contributed by atoms with van der Waals surface area (Å²) in [5.41, 5.74) is 2.61. The van der Waals surface area contributed by atoms with Crippen molar-refractivity contribution in [2.24, 2.45) is 0 Å². The third-order valence-corrected chi connectivity index (χ3v) is 4.39. The molecule has 1 aliphatic rings. The maximum Gasteiger partial charge on any atom is 0.0468 e. The van der Waals surface area contributed by atoms with Gasteiger partial charge >= 0.3 is 0 Å². The maximum absolute atomic E-state index is 3.65. The highest BCUT2D eigenvalue weighted by molar-refractivity contribution is 9.10. The summed E-state index contributed by atoms with van der Waals surface area (Å²) < 4.78 is 1.19. The van der Waals surface area contributed by atoms with Gasteiger partial charge in [-0.05, 0) is 24.7 Å². The average molecular weight is 308 g/mol. The fraction of sp³-hybridized carbons (Fsp3) is 0.429. The number of rotatable bonds is 2. The zero-order chi connectivity index (χ0) is 12.5. The third kappa shape index (κ3) is 2.32. The van der Waals surface area contributed by atoms with E-state index in [0.29, 0.717) is 0 Å². The zero-order valence-corrected chi connectivity index (χ0v) is 12.2. The second-order valence-electron chi connectivity index (χ2n) is 5.06. The van der Waals surface area contributed by atoms with Crippen molar-refractivity contribution >= 4 is 26.8 Å². The summed E-state index contributed by atoms with van der Waals surface area (Å²) in [6.07, 6.45) is 2.15. The highest BCUT2D eigenvalue weighted by atomic mass is 79.9. The molecule has 1 N–H and O–H groups in total. The van der Waals surface area contributed by atoms with E-state index >= 15 is 0 Å². The lowest BCUT2D eigenvalue weighted by molar-refractivity contribution is 0.148. The van der Waals surface area contributed by atoms with Crippen molar-refractivity contribution in [1.82, 2.24) is 14.8 Å². The summed E-state index contributed by atoms with van der Waals surface area (Å²) in [5, 5.41) is 1.33. The van der Waals surface area contributed by atoms with Crippen LogP contribution in [0.25, 0.3) is 10.9 Å². The molecule has 96 valence electrons. The molecule has 18 heavy (non-hydrogen) atoms. The molecule has 2 heterocycles. The molecule has 3 rings (SSSR count). The van der Waals surface area contributed by atoms with Crippen molar-refractivity contribution in [3.05, 3.63) is 34.4 Å². The van der Waals surface area contributed by atoms with Crippen LogP contribution < -0.4 is 0 Å². The maximum atomic E-state index is 3.65. The molecular weight excluding hydrogens is 290 g/mol. The molecule has 0 saturated carbocycles. The molecule has 3 nitrogen and oxygen atoms in total. The summed E-state index contributed by atoms with van der Waals surface area (Å²) in [4.78, 5) is 8.28. The Labute approximate surface area is 116 Å². The minimum Gasteiger partial charge on any atom is -0.361 e. The van der Waals surface area contributed by atoms with Crippen LogP contribution in [-0.4, -0.2) is 48.0 Å². The Morgan fingerprint density at radius 1 is 1.22 bits per heavy atom. The van der Waals surface area contributed by atoms with Gasteiger partial charge in [0.2, 0.25) is 0 Å². The van der Waals surface area contributed by atoms with Gasteiger partial charge in [-0.2, -0.15) is 0 Å². The number of hydrogen-bond acceptors (Lipinski definition) is 2. The van der Waals surface area contributed by atoms with Crippen LogP contribution >= 0.6 is 15.9 Å².